The first-order valence-electron chi connectivity index (χ1n) is 10.1. The lowest BCUT2D eigenvalue weighted by molar-refractivity contribution is 0.00796. The average molecular weight is 307 g/mol. The van der Waals surface area contributed by atoms with Gasteiger partial charge >= 0.3 is 0 Å². The second-order valence-electron chi connectivity index (χ2n) is 7.65. The number of hydrogen-bond acceptors (Lipinski definition) is 1. The fourth-order valence-electron chi connectivity index (χ4n) is 4.43. The number of hydrogen-bond donors (Lipinski definition) is 0. The Kier molecular flexibility index (Phi) is 8.59. The maximum atomic E-state index is 5.94. The zero-order valence-corrected chi connectivity index (χ0v) is 15.1. The molecular weight excluding hydrogens is 268 g/mol. The van der Waals surface area contributed by atoms with E-state index in [0.717, 1.165) is 30.8 Å². The highest BCUT2D eigenvalue weighted by atomic mass is 16.5. The van der Waals surface area contributed by atoms with Gasteiger partial charge in [0.1, 0.15) is 0 Å². The van der Waals surface area contributed by atoms with Crippen LogP contribution < -0.4 is 0 Å². The summed E-state index contributed by atoms with van der Waals surface area (Å²) in [5, 5.41) is 0. The van der Waals surface area contributed by atoms with E-state index >= 15 is 0 Å². The fraction of sp³-hybridized carbons (Fsp3) is 0.905. The van der Waals surface area contributed by atoms with Gasteiger partial charge in [-0.05, 0) is 82.0 Å². The zero-order chi connectivity index (χ0) is 15.6. The molecule has 0 aromatic rings. The number of rotatable bonds is 8. The molecule has 22 heavy (non-hydrogen) atoms. The van der Waals surface area contributed by atoms with Crippen molar-refractivity contribution in [2.24, 2.45) is 17.8 Å². The van der Waals surface area contributed by atoms with Gasteiger partial charge in [-0.25, -0.2) is 0 Å². The summed E-state index contributed by atoms with van der Waals surface area (Å²) in [6.07, 6.45) is 22.0. The Labute approximate surface area is 138 Å². The van der Waals surface area contributed by atoms with Crippen molar-refractivity contribution in [1.29, 1.82) is 0 Å². The van der Waals surface area contributed by atoms with E-state index in [2.05, 4.69) is 26.0 Å². The Morgan fingerprint density at radius 2 is 1.45 bits per heavy atom. The predicted octanol–water partition coefficient (Wildman–Crippen LogP) is 6.52. The van der Waals surface area contributed by atoms with Crippen molar-refractivity contribution in [3.8, 4) is 0 Å². The molecule has 0 spiro atoms. The fourth-order valence-corrected chi connectivity index (χ4v) is 4.43. The first-order valence-corrected chi connectivity index (χ1v) is 10.1. The first-order chi connectivity index (χ1) is 10.8. The van der Waals surface area contributed by atoms with E-state index in [0.29, 0.717) is 6.10 Å². The minimum absolute atomic E-state index is 0.578. The summed E-state index contributed by atoms with van der Waals surface area (Å²) in [6, 6.07) is 0. The van der Waals surface area contributed by atoms with E-state index in [1.54, 1.807) is 0 Å². The number of unbranched alkanes of at least 4 members (excludes halogenated alkanes) is 2. The molecule has 0 heterocycles. The summed E-state index contributed by atoms with van der Waals surface area (Å²) in [6.45, 7) is 5.45. The van der Waals surface area contributed by atoms with Crippen LogP contribution in [0.3, 0.4) is 0 Å². The second-order valence-corrected chi connectivity index (χ2v) is 7.65. The third kappa shape index (κ3) is 6.07. The molecule has 0 aliphatic heterocycles. The molecule has 128 valence electrons. The van der Waals surface area contributed by atoms with Gasteiger partial charge in [0, 0.05) is 6.61 Å². The molecule has 0 N–H and O–H groups in total. The summed E-state index contributed by atoms with van der Waals surface area (Å²) in [5.41, 5.74) is 0. The van der Waals surface area contributed by atoms with Crippen LogP contribution in [-0.2, 0) is 4.74 Å². The van der Waals surface area contributed by atoms with Gasteiger partial charge in [-0.3, -0.25) is 0 Å². The Hall–Kier alpha value is -0.300. The van der Waals surface area contributed by atoms with Gasteiger partial charge in [0.25, 0.3) is 0 Å². The highest BCUT2D eigenvalue weighted by molar-refractivity contribution is 4.92. The van der Waals surface area contributed by atoms with Gasteiger partial charge < -0.3 is 4.74 Å². The third-order valence-electron chi connectivity index (χ3n) is 5.89. The van der Waals surface area contributed by atoms with E-state index in [1.807, 2.05) is 0 Å². The van der Waals surface area contributed by atoms with E-state index in [1.165, 1.54) is 70.6 Å². The van der Waals surface area contributed by atoms with Crippen LogP contribution in [0.1, 0.15) is 90.9 Å². The van der Waals surface area contributed by atoms with Crippen molar-refractivity contribution < 1.29 is 4.74 Å². The minimum Gasteiger partial charge on any atom is -0.378 e. The van der Waals surface area contributed by atoms with Crippen molar-refractivity contribution in [3.05, 3.63) is 12.2 Å². The summed E-state index contributed by atoms with van der Waals surface area (Å²) in [5.74, 6) is 2.91. The average Bonchev–Trinajstić information content (AvgIpc) is 2.58. The van der Waals surface area contributed by atoms with Crippen LogP contribution in [0.4, 0.5) is 0 Å². The van der Waals surface area contributed by atoms with Crippen molar-refractivity contribution in [3.63, 3.8) is 0 Å². The summed E-state index contributed by atoms with van der Waals surface area (Å²) >= 11 is 0. The van der Waals surface area contributed by atoms with Gasteiger partial charge in [0.15, 0.2) is 0 Å². The van der Waals surface area contributed by atoms with Crippen LogP contribution in [0.2, 0.25) is 0 Å². The first kappa shape index (κ1) is 18.0. The summed E-state index contributed by atoms with van der Waals surface area (Å²) in [4.78, 5) is 0. The number of allylic oxidation sites excluding steroid dienone is 2. The highest BCUT2D eigenvalue weighted by Gasteiger charge is 2.30. The van der Waals surface area contributed by atoms with Crippen LogP contribution in [0, 0.1) is 17.8 Å². The van der Waals surface area contributed by atoms with Crippen molar-refractivity contribution in [2.75, 3.05) is 6.61 Å². The Balaban J connectivity index is 1.62. The molecule has 1 heteroatoms. The lowest BCUT2D eigenvalue weighted by Gasteiger charge is -2.37. The van der Waals surface area contributed by atoms with Gasteiger partial charge in [0.05, 0.1) is 6.10 Å². The molecule has 2 aliphatic carbocycles. The van der Waals surface area contributed by atoms with Crippen LogP contribution in [0.15, 0.2) is 12.2 Å². The molecule has 0 unspecified atom stereocenters. The van der Waals surface area contributed by atoms with Crippen LogP contribution in [-0.4, -0.2) is 12.7 Å². The van der Waals surface area contributed by atoms with Crippen molar-refractivity contribution >= 4 is 0 Å². The molecule has 2 saturated carbocycles. The maximum absolute atomic E-state index is 5.94. The molecule has 0 radical (unpaired) electrons. The molecular formula is C21H38O. The van der Waals surface area contributed by atoms with Gasteiger partial charge in [-0.2, -0.15) is 0 Å². The quantitative estimate of drug-likeness (QED) is 0.366. The zero-order valence-electron chi connectivity index (χ0n) is 15.1. The Morgan fingerprint density at radius 1 is 0.818 bits per heavy atom. The number of ether oxygens (including phenoxy) is 1. The third-order valence-corrected chi connectivity index (χ3v) is 5.89. The molecule has 0 amide bonds. The predicted molar refractivity (Wildman–Crippen MR) is 96.1 cm³/mol. The normalized spacial score (nSPS) is 33.4. The van der Waals surface area contributed by atoms with Crippen LogP contribution in [0.5, 0.6) is 0 Å². The van der Waals surface area contributed by atoms with E-state index in [4.69, 9.17) is 4.74 Å². The summed E-state index contributed by atoms with van der Waals surface area (Å²) in [7, 11) is 0. The molecule has 2 fully saturated rings. The maximum Gasteiger partial charge on any atom is 0.0575 e. The smallest absolute Gasteiger partial charge is 0.0575 e. The molecule has 2 aliphatic rings. The second kappa shape index (κ2) is 10.5. The Morgan fingerprint density at radius 3 is 2.05 bits per heavy atom. The highest BCUT2D eigenvalue weighted by Crippen LogP contribution is 2.40. The molecule has 0 aromatic heterocycles. The van der Waals surface area contributed by atoms with Crippen molar-refractivity contribution in [1.82, 2.24) is 0 Å². The summed E-state index contributed by atoms with van der Waals surface area (Å²) < 4.78 is 5.94. The Bertz CT molecular complexity index is 293. The molecule has 0 aromatic carbocycles. The molecule has 0 saturated heterocycles. The molecule has 0 bridgehead atoms. The topological polar surface area (TPSA) is 9.23 Å². The molecule has 1 nitrogen and oxygen atoms in total. The lowest BCUT2D eigenvalue weighted by Crippen LogP contribution is -2.28. The van der Waals surface area contributed by atoms with Crippen molar-refractivity contribution in [2.45, 2.75) is 97.0 Å². The van der Waals surface area contributed by atoms with Gasteiger partial charge in [0.2, 0.25) is 0 Å². The van der Waals surface area contributed by atoms with E-state index < -0.39 is 0 Å². The van der Waals surface area contributed by atoms with Gasteiger partial charge in [-0.15, -0.1) is 0 Å². The SMILES string of the molecule is CCCC/C=C/C1CCC(C2CCC(OCCC)CC2)CC1. The molecule has 0 atom stereocenters. The lowest BCUT2D eigenvalue weighted by atomic mass is 9.70. The molecule has 2 rings (SSSR count). The standard InChI is InChI=1S/C21H38O/c1-3-5-6-7-8-18-9-11-19(12-10-18)20-13-15-21(16-14-20)22-17-4-2/h7-8,18-21H,3-6,9-17H2,1-2H3/b8-7+. The van der Waals surface area contributed by atoms with Crippen LogP contribution in [0.25, 0.3) is 0 Å². The van der Waals surface area contributed by atoms with E-state index in [-0.39, 0.29) is 0 Å². The monoisotopic (exact) mass is 306 g/mol. The van der Waals surface area contributed by atoms with E-state index in [9.17, 15) is 0 Å². The van der Waals surface area contributed by atoms with Crippen LogP contribution >= 0.6 is 0 Å². The largest absolute Gasteiger partial charge is 0.378 e. The minimum atomic E-state index is 0.578. The van der Waals surface area contributed by atoms with Gasteiger partial charge in [-0.1, -0.05) is 38.8 Å².